The maximum Gasteiger partial charge on any atom is 0.254 e. The van der Waals surface area contributed by atoms with Gasteiger partial charge in [0, 0.05) is 11.8 Å². The largest absolute Gasteiger partial charge is 0.394 e. The highest BCUT2D eigenvalue weighted by atomic mass is 32.1. The Kier molecular flexibility index (Phi) is 3.64. The summed E-state index contributed by atoms with van der Waals surface area (Å²) in [5.41, 5.74) is 5.88. The molecule has 0 saturated carbocycles. The number of H-pyrrole nitrogens is 1. The van der Waals surface area contributed by atoms with Crippen LogP contribution in [-0.4, -0.2) is 44.6 Å². The van der Waals surface area contributed by atoms with Gasteiger partial charge in [0.25, 0.3) is 5.56 Å². The van der Waals surface area contributed by atoms with Crippen LogP contribution in [0, 0.1) is 11.7 Å². The summed E-state index contributed by atoms with van der Waals surface area (Å²) in [4.78, 5) is 13.8. The van der Waals surface area contributed by atoms with E-state index in [2.05, 4.69) is 4.98 Å². The Morgan fingerprint density at radius 2 is 2.33 bits per heavy atom. The SMILES string of the molecule is Cc1cn([C@@H]2O[C@H](CO)[C@@H](N)[C@H]2O)c(=S)[nH]c1=O. The summed E-state index contributed by atoms with van der Waals surface area (Å²) in [7, 11) is 0. The second-order valence-corrected chi connectivity index (χ2v) is 4.68. The molecule has 100 valence electrons. The number of aryl methyl sites for hydroxylation is 1. The van der Waals surface area contributed by atoms with Crippen molar-refractivity contribution in [3.8, 4) is 0 Å². The summed E-state index contributed by atoms with van der Waals surface area (Å²) in [6.45, 7) is 1.33. The predicted octanol–water partition coefficient (Wildman–Crippen LogP) is -1.21. The lowest BCUT2D eigenvalue weighted by molar-refractivity contribution is -0.0523. The van der Waals surface area contributed by atoms with Gasteiger partial charge < -0.3 is 20.7 Å². The smallest absolute Gasteiger partial charge is 0.254 e. The summed E-state index contributed by atoms with van der Waals surface area (Å²) in [5.74, 6) is 0. The number of aromatic nitrogens is 2. The monoisotopic (exact) mass is 273 g/mol. The molecular weight excluding hydrogens is 258 g/mol. The number of hydrogen-bond donors (Lipinski definition) is 4. The fourth-order valence-electron chi connectivity index (χ4n) is 1.93. The molecule has 1 aliphatic heterocycles. The first kappa shape index (κ1) is 13.4. The fourth-order valence-corrected chi connectivity index (χ4v) is 2.18. The summed E-state index contributed by atoms with van der Waals surface area (Å²) in [5, 5.41) is 19.1. The molecule has 0 unspecified atom stereocenters. The zero-order valence-corrected chi connectivity index (χ0v) is 10.6. The van der Waals surface area contributed by atoms with E-state index >= 15 is 0 Å². The Morgan fingerprint density at radius 1 is 1.67 bits per heavy atom. The molecule has 1 aromatic heterocycles. The lowest BCUT2D eigenvalue weighted by atomic mass is 10.1. The van der Waals surface area contributed by atoms with Crippen LogP contribution in [0.25, 0.3) is 0 Å². The predicted molar refractivity (Wildman–Crippen MR) is 65.6 cm³/mol. The van der Waals surface area contributed by atoms with Crippen molar-refractivity contribution in [1.82, 2.24) is 9.55 Å². The molecule has 1 aromatic rings. The minimum absolute atomic E-state index is 0.139. The van der Waals surface area contributed by atoms with Crippen LogP contribution in [-0.2, 0) is 4.74 Å². The fraction of sp³-hybridized carbons (Fsp3) is 0.600. The van der Waals surface area contributed by atoms with Crippen LogP contribution in [0.5, 0.6) is 0 Å². The normalized spacial score (nSPS) is 31.8. The number of nitrogens with zero attached hydrogens (tertiary/aromatic N) is 1. The van der Waals surface area contributed by atoms with Crippen molar-refractivity contribution in [3.05, 3.63) is 26.9 Å². The van der Waals surface area contributed by atoms with Gasteiger partial charge in [-0.1, -0.05) is 0 Å². The number of aliphatic hydroxyl groups is 2. The first-order valence-electron chi connectivity index (χ1n) is 5.47. The van der Waals surface area contributed by atoms with Gasteiger partial charge in [0.2, 0.25) is 0 Å². The molecule has 0 radical (unpaired) electrons. The molecule has 2 heterocycles. The van der Waals surface area contributed by atoms with Crippen molar-refractivity contribution in [1.29, 1.82) is 0 Å². The van der Waals surface area contributed by atoms with E-state index in [0.29, 0.717) is 5.56 Å². The highest BCUT2D eigenvalue weighted by molar-refractivity contribution is 7.71. The van der Waals surface area contributed by atoms with Crippen LogP contribution < -0.4 is 11.3 Å². The van der Waals surface area contributed by atoms with Crippen molar-refractivity contribution >= 4 is 12.2 Å². The van der Waals surface area contributed by atoms with Crippen LogP contribution in [0.1, 0.15) is 11.8 Å². The minimum Gasteiger partial charge on any atom is -0.394 e. The third kappa shape index (κ3) is 2.13. The number of aromatic amines is 1. The standard InChI is InChI=1S/C10H15N3O4S/c1-4-2-13(10(18)12-8(4)16)9-7(15)6(11)5(3-14)17-9/h2,5-7,9,14-15H,3,11H2,1H3,(H,12,16,18)/t5-,6-,7-,9-/m1/s1. The van der Waals surface area contributed by atoms with Crippen LogP contribution in [0.4, 0.5) is 0 Å². The van der Waals surface area contributed by atoms with Gasteiger partial charge in [0.15, 0.2) is 11.0 Å². The van der Waals surface area contributed by atoms with Gasteiger partial charge in [-0.3, -0.25) is 14.3 Å². The molecule has 0 aliphatic carbocycles. The maximum atomic E-state index is 11.4. The highest BCUT2D eigenvalue weighted by Gasteiger charge is 2.42. The second-order valence-electron chi connectivity index (χ2n) is 4.29. The summed E-state index contributed by atoms with van der Waals surface area (Å²) in [6.07, 6.45) is -0.958. The number of rotatable bonds is 2. The van der Waals surface area contributed by atoms with Gasteiger partial charge in [0.1, 0.15) is 12.2 Å². The van der Waals surface area contributed by atoms with Crippen molar-refractivity contribution in [2.45, 2.75) is 31.4 Å². The highest BCUT2D eigenvalue weighted by Crippen LogP contribution is 2.27. The van der Waals surface area contributed by atoms with Gasteiger partial charge in [-0.25, -0.2) is 0 Å². The van der Waals surface area contributed by atoms with Gasteiger partial charge in [0.05, 0.1) is 12.6 Å². The van der Waals surface area contributed by atoms with Crippen molar-refractivity contribution in [2.75, 3.05) is 6.61 Å². The molecular formula is C10H15N3O4S. The molecule has 5 N–H and O–H groups in total. The lowest BCUT2D eigenvalue weighted by Gasteiger charge is -2.18. The molecule has 7 nitrogen and oxygen atoms in total. The van der Waals surface area contributed by atoms with Gasteiger partial charge in [-0.2, -0.15) is 0 Å². The minimum atomic E-state index is -1.00. The quantitative estimate of drug-likeness (QED) is 0.503. The van der Waals surface area contributed by atoms with Gasteiger partial charge in [-0.15, -0.1) is 0 Å². The zero-order chi connectivity index (χ0) is 13.4. The first-order chi connectivity index (χ1) is 8.45. The molecule has 18 heavy (non-hydrogen) atoms. The molecule has 8 heteroatoms. The van der Waals surface area contributed by atoms with Crippen LogP contribution >= 0.6 is 12.2 Å². The van der Waals surface area contributed by atoms with E-state index in [9.17, 15) is 9.90 Å². The summed E-state index contributed by atoms with van der Waals surface area (Å²) < 4.78 is 7.02. The Morgan fingerprint density at radius 3 is 2.89 bits per heavy atom. The molecule has 2 rings (SSSR count). The molecule has 0 bridgehead atoms. The van der Waals surface area contributed by atoms with Crippen molar-refractivity contribution < 1.29 is 14.9 Å². The number of nitrogens with two attached hydrogens (primary N) is 1. The van der Waals surface area contributed by atoms with Crippen LogP contribution in [0.3, 0.4) is 0 Å². The molecule has 1 fully saturated rings. The number of hydrogen-bond acceptors (Lipinski definition) is 6. The van der Waals surface area contributed by atoms with Gasteiger partial charge >= 0.3 is 0 Å². The van der Waals surface area contributed by atoms with E-state index < -0.39 is 24.5 Å². The Balaban J connectivity index is 2.42. The molecule has 0 spiro atoms. The zero-order valence-electron chi connectivity index (χ0n) is 9.74. The Hall–Kier alpha value is -1.06. The Bertz CT molecular complexity index is 555. The topological polar surface area (TPSA) is 114 Å². The number of ether oxygens (including phenoxy) is 1. The third-order valence-electron chi connectivity index (χ3n) is 3.03. The van der Waals surface area contributed by atoms with Crippen LogP contribution in [0.15, 0.2) is 11.0 Å². The maximum absolute atomic E-state index is 11.4. The molecule has 1 aliphatic rings. The molecule has 1 saturated heterocycles. The average Bonchev–Trinajstić information content (AvgIpc) is 2.61. The summed E-state index contributed by atoms with van der Waals surface area (Å²) >= 11 is 5.02. The van der Waals surface area contributed by atoms with E-state index in [1.807, 2.05) is 0 Å². The van der Waals surface area contributed by atoms with E-state index in [1.54, 1.807) is 6.92 Å². The van der Waals surface area contributed by atoms with E-state index in [0.717, 1.165) is 0 Å². The van der Waals surface area contributed by atoms with E-state index in [1.165, 1.54) is 10.8 Å². The third-order valence-corrected chi connectivity index (χ3v) is 3.34. The summed E-state index contributed by atoms with van der Waals surface area (Å²) in [6, 6.07) is -0.700. The van der Waals surface area contributed by atoms with Crippen molar-refractivity contribution in [2.24, 2.45) is 5.73 Å². The number of nitrogens with one attached hydrogen (secondary N) is 1. The van der Waals surface area contributed by atoms with Crippen molar-refractivity contribution in [3.63, 3.8) is 0 Å². The van der Waals surface area contributed by atoms with Gasteiger partial charge in [-0.05, 0) is 19.1 Å². The van der Waals surface area contributed by atoms with Crippen LogP contribution in [0.2, 0.25) is 0 Å². The van der Waals surface area contributed by atoms with E-state index in [-0.39, 0.29) is 16.9 Å². The molecule has 4 atom stereocenters. The first-order valence-corrected chi connectivity index (χ1v) is 5.88. The number of aliphatic hydroxyl groups excluding tert-OH is 2. The van der Waals surface area contributed by atoms with E-state index in [4.69, 9.17) is 27.8 Å². The average molecular weight is 273 g/mol. The Labute approximate surface area is 108 Å². The lowest BCUT2D eigenvalue weighted by Crippen LogP contribution is -2.41. The molecule has 0 amide bonds. The second kappa shape index (κ2) is 4.90. The molecule has 0 aromatic carbocycles.